The topological polar surface area (TPSA) is 71.0 Å². The van der Waals surface area contributed by atoms with Crippen LogP contribution in [0.2, 0.25) is 0 Å². The van der Waals surface area contributed by atoms with Crippen LogP contribution in [0.3, 0.4) is 0 Å². The number of hydrogen-bond donors (Lipinski definition) is 1. The summed E-state index contributed by atoms with van der Waals surface area (Å²) in [6.45, 7) is 3.92. The predicted octanol–water partition coefficient (Wildman–Crippen LogP) is 3.98. The van der Waals surface area contributed by atoms with Gasteiger partial charge < -0.3 is 5.32 Å². The third kappa shape index (κ3) is 4.25. The van der Waals surface area contributed by atoms with E-state index in [1.807, 2.05) is 13.8 Å². The van der Waals surface area contributed by atoms with Crippen LogP contribution in [0.25, 0.3) is 11.4 Å². The molecule has 0 aliphatic rings. The lowest BCUT2D eigenvalue weighted by Crippen LogP contribution is -2.26. The van der Waals surface area contributed by atoms with Crippen LogP contribution in [0.15, 0.2) is 36.7 Å². The molecule has 3 rings (SSSR count). The van der Waals surface area contributed by atoms with Crippen molar-refractivity contribution in [2.24, 2.45) is 0 Å². The fourth-order valence-corrected chi connectivity index (χ4v) is 3.09. The van der Waals surface area contributed by atoms with Crippen LogP contribution < -0.4 is 10.2 Å². The number of nitrogens with one attached hydrogen (secondary N) is 1. The highest BCUT2D eigenvalue weighted by atomic mass is 32.1. The zero-order chi connectivity index (χ0) is 19.6. The SMILES string of the molecule is CC(C)Nc1cc(-c2nc(N(C)C(=O)c3ccc(F)cc3)sc2F)ncn1. The Bertz CT molecular complexity index is 959. The minimum Gasteiger partial charge on any atom is -0.368 e. The molecule has 3 aromatic rings. The summed E-state index contributed by atoms with van der Waals surface area (Å²) in [6.07, 6.45) is 1.33. The summed E-state index contributed by atoms with van der Waals surface area (Å²) in [7, 11) is 1.49. The fourth-order valence-electron chi connectivity index (χ4n) is 2.33. The summed E-state index contributed by atoms with van der Waals surface area (Å²) in [4.78, 5) is 26.1. The predicted molar refractivity (Wildman–Crippen MR) is 101 cm³/mol. The number of amides is 1. The van der Waals surface area contributed by atoms with Crippen LogP contribution in [0.4, 0.5) is 19.7 Å². The molecule has 0 spiro atoms. The highest BCUT2D eigenvalue weighted by Crippen LogP contribution is 2.31. The quantitative estimate of drug-likeness (QED) is 0.715. The minimum absolute atomic E-state index is 0.0444. The summed E-state index contributed by atoms with van der Waals surface area (Å²) in [6, 6.07) is 6.88. The number of anilines is 2. The van der Waals surface area contributed by atoms with E-state index in [0.29, 0.717) is 11.5 Å². The van der Waals surface area contributed by atoms with Crippen LogP contribution in [0, 0.1) is 10.9 Å². The molecular weight excluding hydrogens is 372 g/mol. The molecule has 6 nitrogen and oxygen atoms in total. The van der Waals surface area contributed by atoms with Gasteiger partial charge in [0.1, 0.15) is 23.7 Å². The second-order valence-corrected chi connectivity index (χ2v) is 7.01. The first-order chi connectivity index (χ1) is 12.8. The molecule has 2 aromatic heterocycles. The number of halogens is 2. The molecular formula is C18H17F2N5OS. The van der Waals surface area contributed by atoms with Crippen molar-refractivity contribution in [2.45, 2.75) is 19.9 Å². The second-order valence-electron chi connectivity index (χ2n) is 6.08. The summed E-state index contributed by atoms with van der Waals surface area (Å²) in [5, 5.41) is 2.73. The lowest BCUT2D eigenvalue weighted by atomic mass is 10.2. The lowest BCUT2D eigenvalue weighted by molar-refractivity contribution is 0.0993. The van der Waals surface area contributed by atoms with E-state index < -0.39 is 16.9 Å². The lowest BCUT2D eigenvalue weighted by Gasteiger charge is -2.13. The van der Waals surface area contributed by atoms with E-state index in [2.05, 4.69) is 20.3 Å². The van der Waals surface area contributed by atoms with E-state index in [1.54, 1.807) is 6.07 Å². The molecule has 1 N–H and O–H groups in total. The molecule has 0 atom stereocenters. The van der Waals surface area contributed by atoms with E-state index in [4.69, 9.17) is 0 Å². The standard InChI is InChI=1S/C18H17F2N5OS/c1-10(2)23-14-8-13(21-9-22-14)15-16(20)27-18(24-15)25(3)17(26)11-4-6-12(19)7-5-11/h4-10H,1-3H3,(H,21,22,23). The fraction of sp³-hybridized carbons (Fsp3) is 0.222. The number of rotatable bonds is 5. The van der Waals surface area contributed by atoms with Crippen molar-refractivity contribution < 1.29 is 13.6 Å². The van der Waals surface area contributed by atoms with E-state index in [9.17, 15) is 13.6 Å². The van der Waals surface area contributed by atoms with Gasteiger partial charge in [0.15, 0.2) is 5.13 Å². The van der Waals surface area contributed by atoms with Gasteiger partial charge in [-0.05, 0) is 38.1 Å². The van der Waals surface area contributed by atoms with Gasteiger partial charge in [0.05, 0.1) is 5.69 Å². The van der Waals surface area contributed by atoms with Gasteiger partial charge in [-0.2, -0.15) is 4.39 Å². The molecule has 27 heavy (non-hydrogen) atoms. The Hall–Kier alpha value is -2.94. The monoisotopic (exact) mass is 389 g/mol. The van der Waals surface area contributed by atoms with Crippen LogP contribution in [-0.2, 0) is 0 Å². The van der Waals surface area contributed by atoms with Gasteiger partial charge in [-0.25, -0.2) is 19.3 Å². The minimum atomic E-state index is -0.557. The maximum absolute atomic E-state index is 14.5. The van der Waals surface area contributed by atoms with E-state index in [-0.39, 0.29) is 22.4 Å². The summed E-state index contributed by atoms with van der Waals surface area (Å²) < 4.78 is 27.5. The third-order valence-electron chi connectivity index (χ3n) is 3.60. The zero-order valence-corrected chi connectivity index (χ0v) is 15.7. The Morgan fingerprint density at radius 1 is 1.19 bits per heavy atom. The Morgan fingerprint density at radius 3 is 2.56 bits per heavy atom. The maximum Gasteiger partial charge on any atom is 0.259 e. The van der Waals surface area contributed by atoms with Gasteiger partial charge in [0.2, 0.25) is 5.13 Å². The first-order valence-electron chi connectivity index (χ1n) is 8.14. The number of nitrogens with zero attached hydrogens (tertiary/aromatic N) is 4. The van der Waals surface area contributed by atoms with Crippen molar-refractivity contribution >= 4 is 28.2 Å². The molecule has 0 bridgehead atoms. The van der Waals surface area contributed by atoms with Gasteiger partial charge >= 0.3 is 0 Å². The molecule has 0 unspecified atom stereocenters. The highest BCUT2D eigenvalue weighted by molar-refractivity contribution is 7.14. The summed E-state index contributed by atoms with van der Waals surface area (Å²) in [5.41, 5.74) is 0.639. The van der Waals surface area contributed by atoms with Gasteiger partial charge in [-0.1, -0.05) is 11.3 Å². The molecule has 1 aromatic carbocycles. The maximum atomic E-state index is 14.5. The number of hydrogen-bond acceptors (Lipinski definition) is 6. The Labute approximate surface area is 158 Å². The molecule has 0 fully saturated rings. The smallest absolute Gasteiger partial charge is 0.259 e. The average molecular weight is 389 g/mol. The van der Waals surface area contributed by atoms with E-state index >= 15 is 0 Å². The first-order valence-corrected chi connectivity index (χ1v) is 8.95. The molecule has 1 amide bonds. The van der Waals surface area contributed by atoms with Crippen molar-refractivity contribution in [1.82, 2.24) is 15.0 Å². The van der Waals surface area contributed by atoms with Crippen LogP contribution >= 0.6 is 11.3 Å². The molecule has 0 saturated carbocycles. The molecule has 140 valence electrons. The summed E-state index contributed by atoms with van der Waals surface area (Å²) >= 11 is 0.736. The molecule has 2 heterocycles. The number of thiazole rings is 1. The van der Waals surface area contributed by atoms with Crippen LogP contribution in [-0.4, -0.2) is 33.9 Å². The number of aromatic nitrogens is 3. The van der Waals surface area contributed by atoms with Crippen molar-refractivity contribution in [1.29, 1.82) is 0 Å². The van der Waals surface area contributed by atoms with Crippen molar-refractivity contribution in [3.8, 4) is 11.4 Å². The van der Waals surface area contributed by atoms with Crippen molar-refractivity contribution in [3.63, 3.8) is 0 Å². The van der Waals surface area contributed by atoms with Crippen molar-refractivity contribution in [3.05, 3.63) is 53.2 Å². The number of carbonyl (C=O) groups excluding carboxylic acids is 1. The van der Waals surface area contributed by atoms with Crippen LogP contribution in [0.5, 0.6) is 0 Å². The van der Waals surface area contributed by atoms with Gasteiger partial charge in [-0.3, -0.25) is 9.69 Å². The Balaban J connectivity index is 1.87. The molecule has 0 saturated heterocycles. The van der Waals surface area contributed by atoms with E-state index in [0.717, 1.165) is 11.3 Å². The molecule has 9 heteroatoms. The Kier molecular flexibility index (Phi) is 5.41. The van der Waals surface area contributed by atoms with Crippen LogP contribution in [0.1, 0.15) is 24.2 Å². The van der Waals surface area contributed by atoms with E-state index in [1.165, 1.54) is 42.5 Å². The average Bonchev–Trinajstić information content (AvgIpc) is 3.02. The Morgan fingerprint density at radius 2 is 1.89 bits per heavy atom. The van der Waals surface area contributed by atoms with Crippen molar-refractivity contribution in [2.75, 3.05) is 17.3 Å². The summed E-state index contributed by atoms with van der Waals surface area (Å²) in [5.74, 6) is -0.300. The molecule has 0 radical (unpaired) electrons. The third-order valence-corrected chi connectivity index (χ3v) is 4.52. The normalized spacial score (nSPS) is 10.9. The second kappa shape index (κ2) is 7.75. The number of carbonyl (C=O) groups is 1. The number of benzene rings is 1. The van der Waals surface area contributed by atoms with Gasteiger partial charge in [0, 0.05) is 24.7 Å². The first kappa shape index (κ1) is 18.8. The zero-order valence-electron chi connectivity index (χ0n) is 14.9. The highest BCUT2D eigenvalue weighted by Gasteiger charge is 2.21. The molecule has 0 aliphatic heterocycles. The molecule has 0 aliphatic carbocycles. The van der Waals surface area contributed by atoms with Gasteiger partial charge in [-0.15, -0.1) is 0 Å². The largest absolute Gasteiger partial charge is 0.368 e. The van der Waals surface area contributed by atoms with Gasteiger partial charge in [0.25, 0.3) is 5.91 Å².